The highest BCUT2D eigenvalue weighted by Crippen LogP contribution is 2.20. The molecule has 0 bridgehead atoms. The van der Waals surface area contributed by atoms with Crippen LogP contribution in [0.5, 0.6) is 0 Å². The second-order valence-electron chi connectivity index (χ2n) is 6.68. The van der Waals surface area contributed by atoms with Crippen molar-refractivity contribution in [1.82, 2.24) is 9.80 Å². The monoisotopic (exact) mass is 316 g/mol. The molecule has 0 amide bonds. The minimum Gasteiger partial charge on any atom is -0.297 e. The zero-order valence-corrected chi connectivity index (χ0v) is 14.1. The van der Waals surface area contributed by atoms with E-state index in [1.807, 2.05) is 0 Å². The van der Waals surface area contributed by atoms with Gasteiger partial charge in [-0.15, -0.1) is 0 Å². The normalized spacial score (nSPS) is 16.5. The second-order valence-corrected chi connectivity index (χ2v) is 6.68. The average Bonchev–Trinajstić information content (AvgIpc) is 2.65. The lowest BCUT2D eigenvalue weighted by molar-refractivity contribution is 0.122. The van der Waals surface area contributed by atoms with Crippen LogP contribution in [-0.2, 0) is 13.1 Å². The van der Waals surface area contributed by atoms with E-state index < -0.39 is 0 Å². The van der Waals surface area contributed by atoms with Gasteiger partial charge in [-0.1, -0.05) is 72.8 Å². The van der Waals surface area contributed by atoms with Crippen LogP contribution in [0.4, 0.5) is 0 Å². The van der Waals surface area contributed by atoms with E-state index in [2.05, 4.69) is 82.6 Å². The maximum absolute atomic E-state index is 2.59. The van der Waals surface area contributed by atoms with Crippen LogP contribution in [0.15, 0.2) is 72.8 Å². The molecule has 2 nitrogen and oxygen atoms in total. The summed E-state index contributed by atoms with van der Waals surface area (Å²) >= 11 is 0. The third-order valence-electron chi connectivity index (χ3n) is 4.99. The van der Waals surface area contributed by atoms with Gasteiger partial charge in [0.15, 0.2) is 0 Å². The molecule has 0 saturated carbocycles. The molecule has 122 valence electrons. The van der Waals surface area contributed by atoms with Gasteiger partial charge in [0.05, 0.1) is 0 Å². The summed E-state index contributed by atoms with van der Waals surface area (Å²) in [5.41, 5.74) is 2.87. The number of fused-ring (bicyclic) bond motifs is 1. The van der Waals surface area contributed by atoms with Crippen molar-refractivity contribution in [2.45, 2.75) is 13.1 Å². The largest absolute Gasteiger partial charge is 0.297 e. The Kier molecular flexibility index (Phi) is 4.59. The predicted molar refractivity (Wildman–Crippen MR) is 101 cm³/mol. The Balaban J connectivity index is 1.38. The van der Waals surface area contributed by atoms with Crippen LogP contribution in [0.25, 0.3) is 10.8 Å². The highest BCUT2D eigenvalue weighted by Gasteiger charge is 2.17. The molecule has 3 aromatic carbocycles. The van der Waals surface area contributed by atoms with E-state index in [0.717, 1.165) is 39.3 Å². The molecule has 1 heterocycles. The number of hydrogen-bond acceptors (Lipinski definition) is 2. The Morgan fingerprint density at radius 1 is 0.583 bits per heavy atom. The number of benzene rings is 3. The van der Waals surface area contributed by atoms with Gasteiger partial charge in [0.1, 0.15) is 0 Å². The highest BCUT2D eigenvalue weighted by atomic mass is 15.3. The van der Waals surface area contributed by atoms with E-state index in [-0.39, 0.29) is 0 Å². The van der Waals surface area contributed by atoms with Crippen LogP contribution in [0.1, 0.15) is 11.1 Å². The van der Waals surface area contributed by atoms with Crippen molar-refractivity contribution >= 4 is 10.8 Å². The Bertz CT molecular complexity index is 784. The van der Waals surface area contributed by atoms with Gasteiger partial charge in [-0.05, 0) is 21.9 Å². The molecule has 1 fully saturated rings. The summed E-state index contributed by atoms with van der Waals surface area (Å²) in [4.78, 5) is 5.15. The van der Waals surface area contributed by atoms with Crippen LogP contribution in [0.3, 0.4) is 0 Å². The molecule has 1 aliphatic heterocycles. The molecule has 0 atom stereocenters. The molecule has 0 radical (unpaired) electrons. The first-order valence-corrected chi connectivity index (χ1v) is 8.84. The van der Waals surface area contributed by atoms with E-state index in [9.17, 15) is 0 Å². The molecule has 1 saturated heterocycles. The van der Waals surface area contributed by atoms with Crippen molar-refractivity contribution in [1.29, 1.82) is 0 Å². The van der Waals surface area contributed by atoms with Gasteiger partial charge in [0.2, 0.25) is 0 Å². The van der Waals surface area contributed by atoms with Crippen molar-refractivity contribution in [2.24, 2.45) is 0 Å². The summed E-state index contributed by atoms with van der Waals surface area (Å²) in [7, 11) is 0. The standard InChI is InChI=1S/C22H24N2/c1-2-7-19(8-3-1)17-23-13-15-24(16-14-23)18-21-11-6-10-20-9-4-5-12-22(20)21/h1-12H,13-18H2. The van der Waals surface area contributed by atoms with Crippen molar-refractivity contribution in [3.05, 3.63) is 83.9 Å². The van der Waals surface area contributed by atoms with Crippen molar-refractivity contribution in [3.8, 4) is 0 Å². The topological polar surface area (TPSA) is 6.48 Å². The minimum absolute atomic E-state index is 1.06. The number of hydrogen-bond donors (Lipinski definition) is 0. The van der Waals surface area contributed by atoms with Crippen LogP contribution in [0, 0.1) is 0 Å². The molecule has 24 heavy (non-hydrogen) atoms. The van der Waals surface area contributed by atoms with Crippen molar-refractivity contribution < 1.29 is 0 Å². The van der Waals surface area contributed by atoms with Gasteiger partial charge in [-0.2, -0.15) is 0 Å². The number of nitrogens with zero attached hydrogens (tertiary/aromatic N) is 2. The summed E-state index contributed by atoms with van der Waals surface area (Å²) < 4.78 is 0. The van der Waals surface area contributed by atoms with Crippen molar-refractivity contribution in [3.63, 3.8) is 0 Å². The predicted octanol–water partition coefficient (Wildman–Crippen LogP) is 4.16. The summed E-state index contributed by atoms with van der Waals surface area (Å²) in [6, 6.07) is 26.2. The number of piperazine rings is 1. The zero-order chi connectivity index (χ0) is 16.2. The summed E-state index contributed by atoms with van der Waals surface area (Å²) in [5, 5.41) is 2.74. The molecule has 0 N–H and O–H groups in total. The SMILES string of the molecule is c1ccc(CN2CCN(Cc3cccc4ccccc34)CC2)cc1. The smallest absolute Gasteiger partial charge is 0.0240 e. The molecule has 0 aromatic heterocycles. The average molecular weight is 316 g/mol. The molecular formula is C22H24N2. The highest BCUT2D eigenvalue weighted by molar-refractivity contribution is 5.85. The van der Waals surface area contributed by atoms with Crippen LogP contribution in [-0.4, -0.2) is 36.0 Å². The van der Waals surface area contributed by atoms with E-state index >= 15 is 0 Å². The maximum atomic E-state index is 2.59. The number of rotatable bonds is 4. The third kappa shape index (κ3) is 3.50. The molecular weight excluding hydrogens is 292 g/mol. The molecule has 0 unspecified atom stereocenters. The van der Waals surface area contributed by atoms with E-state index in [1.165, 1.54) is 21.9 Å². The van der Waals surface area contributed by atoms with E-state index in [0.29, 0.717) is 0 Å². The van der Waals surface area contributed by atoms with Crippen molar-refractivity contribution in [2.75, 3.05) is 26.2 Å². The van der Waals surface area contributed by atoms with Gasteiger partial charge in [-0.3, -0.25) is 9.80 Å². The lowest BCUT2D eigenvalue weighted by atomic mass is 10.0. The first kappa shape index (κ1) is 15.4. The Labute approximate surface area is 144 Å². The first-order valence-electron chi connectivity index (χ1n) is 8.84. The molecule has 0 spiro atoms. The van der Waals surface area contributed by atoms with Gasteiger partial charge in [0.25, 0.3) is 0 Å². The first-order chi connectivity index (χ1) is 11.9. The zero-order valence-electron chi connectivity index (χ0n) is 14.1. The van der Waals surface area contributed by atoms with Crippen LogP contribution in [0.2, 0.25) is 0 Å². The molecule has 0 aliphatic carbocycles. The van der Waals surface area contributed by atoms with Gasteiger partial charge in [0, 0.05) is 39.3 Å². The van der Waals surface area contributed by atoms with Crippen LogP contribution < -0.4 is 0 Å². The second kappa shape index (κ2) is 7.16. The molecule has 4 rings (SSSR count). The quantitative estimate of drug-likeness (QED) is 0.713. The van der Waals surface area contributed by atoms with E-state index in [4.69, 9.17) is 0 Å². The molecule has 3 aromatic rings. The molecule has 1 aliphatic rings. The van der Waals surface area contributed by atoms with Gasteiger partial charge >= 0.3 is 0 Å². The third-order valence-corrected chi connectivity index (χ3v) is 4.99. The fraction of sp³-hybridized carbons (Fsp3) is 0.273. The fourth-order valence-electron chi connectivity index (χ4n) is 3.62. The fourth-order valence-corrected chi connectivity index (χ4v) is 3.62. The van der Waals surface area contributed by atoms with Crippen LogP contribution >= 0.6 is 0 Å². The lowest BCUT2D eigenvalue weighted by Crippen LogP contribution is -2.45. The summed E-state index contributed by atoms with van der Waals surface area (Å²) in [5.74, 6) is 0. The lowest BCUT2D eigenvalue weighted by Gasteiger charge is -2.35. The van der Waals surface area contributed by atoms with E-state index in [1.54, 1.807) is 0 Å². The minimum atomic E-state index is 1.06. The Morgan fingerprint density at radius 2 is 1.21 bits per heavy atom. The maximum Gasteiger partial charge on any atom is 0.0240 e. The Morgan fingerprint density at radius 3 is 2.00 bits per heavy atom. The van der Waals surface area contributed by atoms with Gasteiger partial charge in [-0.25, -0.2) is 0 Å². The molecule has 2 heteroatoms. The van der Waals surface area contributed by atoms with Gasteiger partial charge < -0.3 is 0 Å². The summed E-state index contributed by atoms with van der Waals surface area (Å²) in [6.45, 7) is 6.73. The summed E-state index contributed by atoms with van der Waals surface area (Å²) in [6.07, 6.45) is 0. The Hall–Kier alpha value is -2.16.